The van der Waals surface area contributed by atoms with Crippen LogP contribution in [-0.4, -0.2) is 43.1 Å². The predicted molar refractivity (Wildman–Crippen MR) is 108 cm³/mol. The summed E-state index contributed by atoms with van der Waals surface area (Å²) in [7, 11) is 0. The lowest BCUT2D eigenvalue weighted by atomic mass is 10.0. The molecule has 1 aliphatic heterocycles. The van der Waals surface area contributed by atoms with Crippen LogP contribution in [0.5, 0.6) is 5.75 Å². The average molecular weight is 381 g/mol. The maximum Gasteiger partial charge on any atom is 0.225 e. The Morgan fingerprint density at radius 2 is 1.81 bits per heavy atom. The Morgan fingerprint density at radius 3 is 2.38 bits per heavy atom. The van der Waals surface area contributed by atoms with E-state index in [-0.39, 0.29) is 18.3 Å². The molecule has 3 rings (SSSR count). The first-order valence-corrected chi connectivity index (χ1v) is 9.85. The van der Waals surface area contributed by atoms with E-state index >= 15 is 0 Å². The first-order chi connectivity index (χ1) is 12.1. The van der Waals surface area contributed by atoms with E-state index in [4.69, 9.17) is 4.74 Å². The van der Waals surface area contributed by atoms with Gasteiger partial charge in [0.25, 0.3) is 0 Å². The van der Waals surface area contributed by atoms with E-state index in [2.05, 4.69) is 31.3 Å². The molecule has 2 fully saturated rings. The van der Waals surface area contributed by atoms with Crippen molar-refractivity contribution in [2.24, 2.45) is 5.92 Å². The summed E-state index contributed by atoms with van der Waals surface area (Å²) < 4.78 is 5.74. The van der Waals surface area contributed by atoms with Gasteiger partial charge in [0.15, 0.2) is 0 Å². The van der Waals surface area contributed by atoms with Crippen LogP contribution in [0.3, 0.4) is 0 Å². The monoisotopic (exact) mass is 380 g/mol. The molecule has 1 amide bonds. The Balaban J connectivity index is 0.00000243. The minimum atomic E-state index is 0. The molecule has 0 bridgehead atoms. The van der Waals surface area contributed by atoms with Crippen LogP contribution in [0.1, 0.15) is 57.4 Å². The lowest BCUT2D eigenvalue weighted by Gasteiger charge is -2.32. The Kier molecular flexibility index (Phi) is 8.23. The van der Waals surface area contributed by atoms with Crippen LogP contribution in [0.15, 0.2) is 24.3 Å². The van der Waals surface area contributed by atoms with Gasteiger partial charge < -0.3 is 15.0 Å². The zero-order valence-corrected chi connectivity index (χ0v) is 16.9. The van der Waals surface area contributed by atoms with E-state index < -0.39 is 0 Å². The number of rotatable bonds is 8. The highest BCUT2D eigenvalue weighted by Gasteiger charge is 2.25. The van der Waals surface area contributed by atoms with E-state index in [0.29, 0.717) is 25.0 Å². The standard InChI is InChI=1S/C21H32N2O2.ClH/c1-16(2)18-5-7-20(8-6-18)25-14-11-21(24)23-12-9-19(10-13-23)22-15-17-3-4-17;/h5-8,16-17,19,22H,3-4,9-15H2,1-2H3;1H. The molecule has 1 N–H and O–H groups in total. The smallest absolute Gasteiger partial charge is 0.225 e. The van der Waals surface area contributed by atoms with Crippen molar-refractivity contribution in [3.05, 3.63) is 29.8 Å². The molecule has 0 atom stereocenters. The highest BCUT2D eigenvalue weighted by molar-refractivity contribution is 5.85. The molecule has 1 heterocycles. The molecule has 4 nitrogen and oxygen atoms in total. The number of likely N-dealkylation sites (tertiary alicyclic amines) is 1. The van der Waals surface area contributed by atoms with Crippen molar-refractivity contribution < 1.29 is 9.53 Å². The van der Waals surface area contributed by atoms with Crippen molar-refractivity contribution in [1.82, 2.24) is 10.2 Å². The Bertz CT molecular complexity index is 550. The molecule has 0 unspecified atom stereocenters. The highest BCUT2D eigenvalue weighted by Crippen LogP contribution is 2.28. The Morgan fingerprint density at radius 1 is 1.15 bits per heavy atom. The molecular formula is C21H33ClN2O2. The predicted octanol–water partition coefficient (Wildman–Crippen LogP) is 3.99. The fraction of sp³-hybridized carbons (Fsp3) is 0.667. The largest absolute Gasteiger partial charge is 0.493 e. The number of piperidine rings is 1. The number of nitrogens with one attached hydrogen (secondary N) is 1. The molecule has 1 aromatic rings. The van der Waals surface area contributed by atoms with Crippen molar-refractivity contribution in [1.29, 1.82) is 0 Å². The second-order valence-electron chi connectivity index (χ2n) is 7.83. The van der Waals surface area contributed by atoms with Crippen LogP contribution in [0.2, 0.25) is 0 Å². The summed E-state index contributed by atoms with van der Waals surface area (Å²) in [6.45, 7) is 7.74. The second kappa shape index (κ2) is 10.2. The first kappa shape index (κ1) is 21.0. The number of carbonyl (C=O) groups excluding carboxylic acids is 1. The summed E-state index contributed by atoms with van der Waals surface area (Å²) in [4.78, 5) is 14.3. The zero-order valence-electron chi connectivity index (χ0n) is 16.1. The van der Waals surface area contributed by atoms with E-state index in [1.807, 2.05) is 17.0 Å². The number of benzene rings is 1. The van der Waals surface area contributed by atoms with Gasteiger partial charge in [-0.3, -0.25) is 4.79 Å². The van der Waals surface area contributed by atoms with Crippen LogP contribution in [0.4, 0.5) is 0 Å². The van der Waals surface area contributed by atoms with Gasteiger partial charge >= 0.3 is 0 Å². The third-order valence-corrected chi connectivity index (χ3v) is 5.37. The number of hydrogen-bond donors (Lipinski definition) is 1. The van der Waals surface area contributed by atoms with E-state index in [0.717, 1.165) is 37.6 Å². The third-order valence-electron chi connectivity index (χ3n) is 5.37. The summed E-state index contributed by atoms with van der Waals surface area (Å²) >= 11 is 0. The summed E-state index contributed by atoms with van der Waals surface area (Å²) in [5.41, 5.74) is 1.31. The van der Waals surface area contributed by atoms with Gasteiger partial charge in [-0.25, -0.2) is 0 Å². The number of carbonyl (C=O) groups is 1. The summed E-state index contributed by atoms with van der Waals surface area (Å²) in [6.07, 6.45) is 5.41. The first-order valence-electron chi connectivity index (χ1n) is 9.85. The summed E-state index contributed by atoms with van der Waals surface area (Å²) in [5.74, 6) is 2.52. The number of ether oxygens (including phenoxy) is 1. The molecular weight excluding hydrogens is 348 g/mol. The lowest BCUT2D eigenvalue weighted by Crippen LogP contribution is -2.45. The maximum atomic E-state index is 12.3. The van der Waals surface area contributed by atoms with Gasteiger partial charge in [0.2, 0.25) is 5.91 Å². The van der Waals surface area contributed by atoms with Crippen LogP contribution in [-0.2, 0) is 4.79 Å². The normalized spacial score (nSPS) is 17.9. The third kappa shape index (κ3) is 6.48. The molecule has 1 aliphatic carbocycles. The summed E-state index contributed by atoms with van der Waals surface area (Å²) in [5, 5.41) is 3.66. The number of halogens is 1. The van der Waals surface area contributed by atoms with Crippen molar-refractivity contribution in [2.75, 3.05) is 26.2 Å². The van der Waals surface area contributed by atoms with Crippen molar-refractivity contribution in [2.45, 2.75) is 57.9 Å². The minimum absolute atomic E-state index is 0. The fourth-order valence-electron chi connectivity index (χ4n) is 3.35. The topological polar surface area (TPSA) is 41.6 Å². The average Bonchev–Trinajstić information content (AvgIpc) is 3.45. The highest BCUT2D eigenvalue weighted by atomic mass is 35.5. The van der Waals surface area contributed by atoms with Crippen LogP contribution in [0, 0.1) is 5.92 Å². The molecule has 1 aromatic carbocycles. The van der Waals surface area contributed by atoms with Gasteiger partial charge in [-0.2, -0.15) is 0 Å². The molecule has 0 spiro atoms. The molecule has 1 saturated heterocycles. The fourth-order valence-corrected chi connectivity index (χ4v) is 3.35. The van der Waals surface area contributed by atoms with Crippen LogP contribution >= 0.6 is 12.4 Å². The van der Waals surface area contributed by atoms with Crippen molar-refractivity contribution in [3.8, 4) is 5.75 Å². The van der Waals surface area contributed by atoms with Crippen molar-refractivity contribution in [3.63, 3.8) is 0 Å². The van der Waals surface area contributed by atoms with Crippen LogP contribution < -0.4 is 10.1 Å². The molecule has 2 aliphatic rings. The second-order valence-corrected chi connectivity index (χ2v) is 7.83. The summed E-state index contributed by atoms with van der Waals surface area (Å²) in [6, 6.07) is 8.79. The zero-order chi connectivity index (χ0) is 17.6. The van der Waals surface area contributed by atoms with Gasteiger partial charge in [0.05, 0.1) is 13.0 Å². The Hall–Kier alpha value is -1.26. The number of nitrogens with zero attached hydrogens (tertiary/aromatic N) is 1. The molecule has 26 heavy (non-hydrogen) atoms. The molecule has 146 valence electrons. The van der Waals surface area contributed by atoms with Gasteiger partial charge in [0, 0.05) is 19.1 Å². The van der Waals surface area contributed by atoms with Gasteiger partial charge in [-0.15, -0.1) is 12.4 Å². The number of hydrogen-bond acceptors (Lipinski definition) is 3. The van der Waals surface area contributed by atoms with Crippen molar-refractivity contribution >= 4 is 18.3 Å². The molecule has 0 radical (unpaired) electrons. The van der Waals surface area contributed by atoms with Gasteiger partial charge in [0.1, 0.15) is 5.75 Å². The minimum Gasteiger partial charge on any atom is -0.493 e. The van der Waals surface area contributed by atoms with Gasteiger partial charge in [-0.05, 0) is 61.8 Å². The number of amides is 1. The molecule has 1 saturated carbocycles. The SMILES string of the molecule is CC(C)c1ccc(OCCC(=O)N2CCC(NCC3CC3)CC2)cc1.Cl. The van der Waals surface area contributed by atoms with E-state index in [1.165, 1.54) is 24.9 Å². The van der Waals surface area contributed by atoms with Gasteiger partial charge in [-0.1, -0.05) is 26.0 Å². The molecule has 5 heteroatoms. The lowest BCUT2D eigenvalue weighted by molar-refractivity contribution is -0.132. The maximum absolute atomic E-state index is 12.3. The van der Waals surface area contributed by atoms with E-state index in [9.17, 15) is 4.79 Å². The van der Waals surface area contributed by atoms with Crippen LogP contribution in [0.25, 0.3) is 0 Å². The van der Waals surface area contributed by atoms with E-state index in [1.54, 1.807) is 0 Å². The quantitative estimate of drug-likeness (QED) is 0.741. The Labute approximate surface area is 164 Å². The molecule has 0 aromatic heterocycles.